The van der Waals surface area contributed by atoms with Gasteiger partial charge < -0.3 is 5.73 Å². The lowest BCUT2D eigenvalue weighted by molar-refractivity contribution is 0.238. The molecule has 1 atom stereocenters. The summed E-state index contributed by atoms with van der Waals surface area (Å²) >= 11 is 0. The van der Waals surface area contributed by atoms with E-state index in [2.05, 4.69) is 22.6 Å². The zero-order valence-corrected chi connectivity index (χ0v) is 8.32. The molecular formula is C11H17N3. The number of nitrogens with zero attached hydrogens (tertiary/aromatic N) is 1. The molecule has 0 spiro atoms. The van der Waals surface area contributed by atoms with Crippen molar-refractivity contribution in [2.45, 2.75) is 12.5 Å². The molecule has 3 heteroatoms. The molecule has 0 bridgehead atoms. The van der Waals surface area contributed by atoms with Crippen molar-refractivity contribution in [3.05, 3.63) is 35.9 Å². The van der Waals surface area contributed by atoms with Crippen LogP contribution in [-0.4, -0.2) is 24.6 Å². The Morgan fingerprint density at radius 3 is 2.79 bits per heavy atom. The number of rotatable bonds is 3. The van der Waals surface area contributed by atoms with Gasteiger partial charge in [-0.05, 0) is 12.0 Å². The van der Waals surface area contributed by atoms with Crippen molar-refractivity contribution in [3.8, 4) is 0 Å². The molecule has 14 heavy (non-hydrogen) atoms. The van der Waals surface area contributed by atoms with Crippen molar-refractivity contribution in [3.63, 3.8) is 0 Å². The smallest absolute Gasteiger partial charge is 0.0438 e. The van der Waals surface area contributed by atoms with Crippen LogP contribution in [-0.2, 0) is 0 Å². The monoisotopic (exact) mass is 191 g/mol. The van der Waals surface area contributed by atoms with E-state index < -0.39 is 0 Å². The minimum Gasteiger partial charge on any atom is -0.323 e. The lowest BCUT2D eigenvalue weighted by atomic mass is 10.1. The van der Waals surface area contributed by atoms with Gasteiger partial charge in [-0.25, -0.2) is 5.01 Å². The zero-order valence-electron chi connectivity index (χ0n) is 8.32. The highest BCUT2D eigenvalue weighted by molar-refractivity contribution is 5.18. The molecule has 2 rings (SSSR count). The van der Waals surface area contributed by atoms with E-state index >= 15 is 0 Å². The molecule has 0 aromatic heterocycles. The highest BCUT2D eigenvalue weighted by Crippen LogP contribution is 2.11. The summed E-state index contributed by atoms with van der Waals surface area (Å²) < 4.78 is 0. The molecule has 1 saturated heterocycles. The third kappa shape index (κ3) is 2.32. The fourth-order valence-corrected chi connectivity index (χ4v) is 1.79. The van der Waals surface area contributed by atoms with E-state index in [0.717, 1.165) is 19.6 Å². The van der Waals surface area contributed by atoms with Gasteiger partial charge in [0.1, 0.15) is 0 Å². The van der Waals surface area contributed by atoms with Gasteiger partial charge >= 0.3 is 0 Å². The molecule has 0 amide bonds. The molecule has 1 aromatic rings. The maximum Gasteiger partial charge on any atom is 0.0438 e. The summed E-state index contributed by atoms with van der Waals surface area (Å²) in [5.74, 6) is 0. The predicted octanol–water partition coefficient (Wildman–Crippen LogP) is 0.897. The SMILES string of the molecule is N[C@H](CN1CCCN1)c1ccccc1. The Morgan fingerprint density at radius 2 is 2.14 bits per heavy atom. The quantitative estimate of drug-likeness (QED) is 0.745. The van der Waals surface area contributed by atoms with E-state index in [0.29, 0.717) is 0 Å². The number of hydrazine groups is 1. The van der Waals surface area contributed by atoms with Gasteiger partial charge in [0.25, 0.3) is 0 Å². The topological polar surface area (TPSA) is 41.3 Å². The number of nitrogens with one attached hydrogen (secondary N) is 1. The number of hydrogen-bond acceptors (Lipinski definition) is 3. The third-order valence-corrected chi connectivity index (χ3v) is 2.59. The maximum absolute atomic E-state index is 6.09. The Balaban J connectivity index is 1.92. The van der Waals surface area contributed by atoms with Gasteiger partial charge in [0, 0.05) is 25.7 Å². The van der Waals surface area contributed by atoms with Crippen molar-refractivity contribution in [2.24, 2.45) is 5.73 Å². The van der Waals surface area contributed by atoms with Gasteiger partial charge in [-0.2, -0.15) is 0 Å². The Morgan fingerprint density at radius 1 is 1.36 bits per heavy atom. The van der Waals surface area contributed by atoms with Gasteiger partial charge in [-0.3, -0.25) is 5.43 Å². The summed E-state index contributed by atoms with van der Waals surface area (Å²) in [5, 5.41) is 2.21. The van der Waals surface area contributed by atoms with Gasteiger partial charge in [0.05, 0.1) is 0 Å². The van der Waals surface area contributed by atoms with Crippen molar-refractivity contribution in [1.82, 2.24) is 10.4 Å². The number of hydrogen-bond donors (Lipinski definition) is 2. The highest BCUT2D eigenvalue weighted by Gasteiger charge is 2.14. The average Bonchev–Trinajstić information content (AvgIpc) is 2.72. The van der Waals surface area contributed by atoms with Crippen LogP contribution in [0.25, 0.3) is 0 Å². The van der Waals surface area contributed by atoms with Crippen molar-refractivity contribution in [2.75, 3.05) is 19.6 Å². The normalized spacial score (nSPS) is 19.8. The van der Waals surface area contributed by atoms with Crippen molar-refractivity contribution in [1.29, 1.82) is 0 Å². The number of nitrogens with two attached hydrogens (primary N) is 1. The van der Waals surface area contributed by atoms with Crippen LogP contribution in [0.15, 0.2) is 30.3 Å². The Kier molecular flexibility index (Phi) is 3.14. The molecule has 0 aliphatic carbocycles. The summed E-state index contributed by atoms with van der Waals surface area (Å²) in [7, 11) is 0. The van der Waals surface area contributed by atoms with E-state index in [1.54, 1.807) is 0 Å². The van der Waals surface area contributed by atoms with Crippen LogP contribution < -0.4 is 11.2 Å². The molecule has 76 valence electrons. The Hall–Kier alpha value is -0.900. The third-order valence-electron chi connectivity index (χ3n) is 2.59. The lowest BCUT2D eigenvalue weighted by Gasteiger charge is -2.20. The fraction of sp³-hybridized carbons (Fsp3) is 0.455. The minimum atomic E-state index is 0.113. The van der Waals surface area contributed by atoms with E-state index in [1.165, 1.54) is 12.0 Å². The fourth-order valence-electron chi connectivity index (χ4n) is 1.79. The van der Waals surface area contributed by atoms with Gasteiger partial charge in [-0.15, -0.1) is 0 Å². The van der Waals surface area contributed by atoms with Crippen LogP contribution in [0.1, 0.15) is 18.0 Å². The standard InChI is InChI=1S/C11H17N3/c12-11(9-14-8-4-7-13-14)10-5-2-1-3-6-10/h1-3,5-6,11,13H,4,7-9,12H2/t11-/m1/s1. The molecule has 0 radical (unpaired) electrons. The molecule has 3 nitrogen and oxygen atoms in total. The second kappa shape index (κ2) is 4.55. The van der Waals surface area contributed by atoms with E-state index in [-0.39, 0.29) is 6.04 Å². The van der Waals surface area contributed by atoms with Crippen LogP contribution >= 0.6 is 0 Å². The first-order chi connectivity index (χ1) is 6.86. The van der Waals surface area contributed by atoms with Gasteiger partial charge in [-0.1, -0.05) is 30.3 Å². The first-order valence-electron chi connectivity index (χ1n) is 5.15. The maximum atomic E-state index is 6.09. The lowest BCUT2D eigenvalue weighted by Crippen LogP contribution is -2.37. The summed E-state index contributed by atoms with van der Waals surface area (Å²) in [6.45, 7) is 3.09. The van der Waals surface area contributed by atoms with Crippen molar-refractivity contribution >= 4 is 0 Å². The van der Waals surface area contributed by atoms with Crippen LogP contribution in [0, 0.1) is 0 Å². The van der Waals surface area contributed by atoms with Crippen molar-refractivity contribution < 1.29 is 0 Å². The molecule has 1 aromatic carbocycles. The molecular weight excluding hydrogens is 174 g/mol. The Labute approximate surface area is 84.9 Å². The van der Waals surface area contributed by atoms with Crippen LogP contribution in [0.4, 0.5) is 0 Å². The average molecular weight is 191 g/mol. The first-order valence-corrected chi connectivity index (χ1v) is 5.15. The van der Waals surface area contributed by atoms with E-state index in [4.69, 9.17) is 5.73 Å². The van der Waals surface area contributed by atoms with Gasteiger partial charge in [0.15, 0.2) is 0 Å². The zero-order chi connectivity index (χ0) is 9.80. The summed E-state index contributed by atoms with van der Waals surface area (Å²) in [5.41, 5.74) is 10.6. The molecule has 0 saturated carbocycles. The number of benzene rings is 1. The largest absolute Gasteiger partial charge is 0.323 e. The predicted molar refractivity (Wildman–Crippen MR) is 57.6 cm³/mol. The van der Waals surface area contributed by atoms with Gasteiger partial charge in [0.2, 0.25) is 0 Å². The Bertz CT molecular complexity index is 267. The first kappa shape index (κ1) is 9.65. The van der Waals surface area contributed by atoms with E-state index in [9.17, 15) is 0 Å². The van der Waals surface area contributed by atoms with Crippen LogP contribution in [0.3, 0.4) is 0 Å². The second-order valence-corrected chi connectivity index (χ2v) is 3.72. The molecule has 3 N–H and O–H groups in total. The van der Waals surface area contributed by atoms with Crippen LogP contribution in [0.2, 0.25) is 0 Å². The molecule has 1 aliphatic rings. The highest BCUT2D eigenvalue weighted by atomic mass is 15.5. The molecule has 1 fully saturated rings. The molecule has 1 aliphatic heterocycles. The summed E-state index contributed by atoms with van der Waals surface area (Å²) in [4.78, 5) is 0. The minimum absolute atomic E-state index is 0.113. The molecule has 0 unspecified atom stereocenters. The van der Waals surface area contributed by atoms with Crippen LogP contribution in [0.5, 0.6) is 0 Å². The molecule has 1 heterocycles. The summed E-state index contributed by atoms with van der Waals surface area (Å²) in [6.07, 6.45) is 1.22. The second-order valence-electron chi connectivity index (χ2n) is 3.72. The summed E-state index contributed by atoms with van der Waals surface area (Å²) in [6, 6.07) is 10.4. The van der Waals surface area contributed by atoms with E-state index in [1.807, 2.05) is 18.2 Å².